The number of hydrogen-bond acceptors (Lipinski definition) is 0. The summed E-state index contributed by atoms with van der Waals surface area (Å²) in [6.45, 7) is 14.2. The van der Waals surface area contributed by atoms with Crippen LogP contribution in [0.15, 0.2) is 388 Å². The molecule has 0 N–H and O–H groups in total. The molecule has 2 nitrogen and oxygen atoms in total. The van der Waals surface area contributed by atoms with Crippen LogP contribution < -0.4 is 0 Å². The molecule has 4 aromatic heterocycles. The van der Waals surface area contributed by atoms with Crippen LogP contribution in [-0.2, 0) is 16.2 Å². The van der Waals surface area contributed by atoms with Gasteiger partial charge >= 0.3 is 573 Å². The van der Waals surface area contributed by atoms with Crippen molar-refractivity contribution in [2.75, 3.05) is 0 Å². The quantitative estimate of drug-likeness (QED) is 0.128. The van der Waals surface area contributed by atoms with Crippen LogP contribution in [0, 0.1) is 0 Å². The number of nitrogens with zero attached hydrogens (tertiary/aromatic N) is 2. The van der Waals surface area contributed by atoms with Gasteiger partial charge in [0, 0.05) is 10.8 Å². The van der Waals surface area contributed by atoms with E-state index in [1.807, 2.05) is 0 Å². The Hall–Kier alpha value is -13.4. The normalized spacial score (nSPS) is 13.7. The Kier molecular flexibility index (Phi) is 16.2. The molecule has 572 valence electrons. The number of aromatic nitrogens is 2. The standard InChI is InChI=1S/C60H43NSe.C57H39NSe/c1-59(2)51-20-9-5-14-43(51)45-27-24-37(34-53(45)59)39-30-38(31-40(32-39)42-18-13-19-49-48-17-8-12-23-57(48)62-58(42)49)36-25-29-56-50(33-36)47-16-7-11-22-55(47)61(56)41-26-28-46-44-15-6-10-21-52(44)60(3,4)54(46)35-41;1-57(2)51-20-9-6-15-45(51)46-29-28-43(35-52(46)57)58-53-21-10-7-16-47(53)50-34-39(27-30-54(50)58)41-31-40(38-25-23-37(24-26-38)36-13-4-3-5-14-36)32-42(33-41)44-18-12-19-49-48-17-8-11-22-55(48)59-56(44)49/h5-35H,1-4H3;3-35H,1-2H3. The molecule has 25 rings (SSSR count). The fourth-order valence-electron chi connectivity index (χ4n) is 21.1. The molecule has 0 saturated heterocycles. The van der Waals surface area contributed by atoms with E-state index in [1.165, 1.54) is 238 Å². The summed E-state index contributed by atoms with van der Waals surface area (Å²) in [4.78, 5) is 0. The topological polar surface area (TPSA) is 9.86 Å². The van der Waals surface area contributed by atoms with E-state index in [-0.39, 0.29) is 45.3 Å². The van der Waals surface area contributed by atoms with Gasteiger partial charge in [-0.2, -0.15) is 0 Å². The molecule has 0 radical (unpaired) electrons. The number of hydrogen-bond donors (Lipinski definition) is 0. The van der Waals surface area contributed by atoms with Gasteiger partial charge in [0.15, 0.2) is 0 Å². The minimum Gasteiger partial charge on any atom is -0.0280 e. The zero-order chi connectivity index (χ0) is 80.7. The molecule has 3 aliphatic rings. The van der Waals surface area contributed by atoms with Crippen molar-refractivity contribution < 1.29 is 0 Å². The van der Waals surface area contributed by atoms with Gasteiger partial charge in [0.05, 0.1) is 0 Å². The van der Waals surface area contributed by atoms with Gasteiger partial charge in [0.25, 0.3) is 0 Å². The van der Waals surface area contributed by atoms with E-state index in [9.17, 15) is 0 Å². The Morgan fingerprint density at radius 1 is 0.174 bits per heavy atom. The van der Waals surface area contributed by atoms with Crippen molar-refractivity contribution in [3.63, 3.8) is 0 Å². The average molecular weight is 1670 g/mol. The second-order valence-electron chi connectivity index (χ2n) is 35.0. The molecule has 0 fully saturated rings. The third-order valence-corrected chi connectivity index (χ3v) is 32.3. The molecule has 0 atom stereocenters. The first-order valence-corrected chi connectivity index (χ1v) is 45.8. The van der Waals surface area contributed by atoms with Crippen molar-refractivity contribution in [2.24, 2.45) is 0 Å². The first kappa shape index (κ1) is 71.7. The second kappa shape index (κ2) is 27.3. The van der Waals surface area contributed by atoms with Gasteiger partial charge in [-0.25, -0.2) is 0 Å². The molecular formula is C117H82N2Se2. The Labute approximate surface area is 716 Å². The fourth-order valence-corrected chi connectivity index (χ4v) is 26.3. The third-order valence-electron chi connectivity index (χ3n) is 27.2. The van der Waals surface area contributed by atoms with Crippen molar-refractivity contribution in [1.29, 1.82) is 0 Å². The second-order valence-corrected chi connectivity index (χ2v) is 39.4. The summed E-state index contributed by atoms with van der Waals surface area (Å²) in [5.41, 5.74) is 41.1. The van der Waals surface area contributed by atoms with Crippen molar-refractivity contribution in [3.8, 4) is 123 Å². The molecule has 0 aliphatic heterocycles. The molecule has 4 heteroatoms. The predicted molar refractivity (Wildman–Crippen MR) is 516 cm³/mol. The molecule has 3 aliphatic carbocycles. The van der Waals surface area contributed by atoms with E-state index in [2.05, 4.69) is 439 Å². The van der Waals surface area contributed by atoms with Gasteiger partial charge in [-0.15, -0.1) is 0 Å². The molecule has 0 bridgehead atoms. The Bertz CT molecular complexity index is 8110. The van der Waals surface area contributed by atoms with Crippen molar-refractivity contribution >= 4 is 111 Å². The van der Waals surface area contributed by atoms with Gasteiger partial charge in [-0.1, -0.05) is 94.4 Å². The number of rotatable bonds is 9. The average Bonchev–Trinajstić information content (AvgIpc) is 1.57. The summed E-state index contributed by atoms with van der Waals surface area (Å²) >= 11 is 0.477. The van der Waals surface area contributed by atoms with E-state index in [4.69, 9.17) is 0 Å². The van der Waals surface area contributed by atoms with Gasteiger partial charge in [0.1, 0.15) is 0 Å². The Balaban J connectivity index is 0.000000137. The monoisotopic (exact) mass is 1670 g/mol. The summed E-state index contributed by atoms with van der Waals surface area (Å²) < 4.78 is 10.8. The molecule has 0 spiro atoms. The minimum absolute atomic E-state index is 0.0682. The van der Waals surface area contributed by atoms with E-state index in [0.29, 0.717) is 0 Å². The maximum atomic E-state index is 2.48. The van der Waals surface area contributed by atoms with Crippen LogP contribution in [0.5, 0.6) is 0 Å². The first-order valence-electron chi connectivity index (χ1n) is 42.3. The van der Waals surface area contributed by atoms with Crippen LogP contribution in [0.1, 0.15) is 74.9 Å². The van der Waals surface area contributed by atoms with E-state index < -0.39 is 0 Å². The zero-order valence-electron chi connectivity index (χ0n) is 68.2. The summed E-state index contributed by atoms with van der Waals surface area (Å²) in [6, 6.07) is 146. The SMILES string of the molecule is CC1(C)c2ccccc2-c2ccc(-c3cc(-c4ccc5c(c4)c4ccccc4n5-c4ccc5c(c4)C(C)(C)c4ccccc4-5)cc(-c4cccc5c4[se]c4ccccc45)c3)cc21.CC1(C)c2ccccc2-c2ccc(-n3c4ccccc4c4cc(-c5cc(-c6ccc(-c7ccccc7)cc6)cc(-c6cccc7c6[se]c6ccccc67)c5)ccc43)cc21. The van der Waals surface area contributed by atoms with Crippen molar-refractivity contribution in [3.05, 3.63) is 422 Å². The van der Waals surface area contributed by atoms with Crippen molar-refractivity contribution in [2.45, 2.75) is 57.8 Å². The van der Waals surface area contributed by atoms with Crippen LogP contribution in [0.25, 0.3) is 205 Å². The van der Waals surface area contributed by atoms with Crippen molar-refractivity contribution in [1.82, 2.24) is 9.13 Å². The van der Waals surface area contributed by atoms with E-state index in [1.54, 1.807) is 0 Å². The number of para-hydroxylation sites is 2. The minimum atomic E-state index is -0.0747. The first-order chi connectivity index (χ1) is 59.2. The summed E-state index contributed by atoms with van der Waals surface area (Å²) in [5, 5.41) is 10.6. The van der Waals surface area contributed by atoms with E-state index in [0.717, 1.165) is 0 Å². The van der Waals surface area contributed by atoms with Crippen LogP contribution in [0.2, 0.25) is 0 Å². The number of benzene rings is 18. The molecule has 4 heterocycles. The molecule has 0 saturated carbocycles. The molecule has 0 amide bonds. The van der Waals surface area contributed by atoms with Gasteiger partial charge in [-0.3, -0.25) is 0 Å². The van der Waals surface area contributed by atoms with Crippen LogP contribution >= 0.6 is 0 Å². The third kappa shape index (κ3) is 11.2. The summed E-state index contributed by atoms with van der Waals surface area (Å²) in [7, 11) is 0. The zero-order valence-corrected chi connectivity index (χ0v) is 71.6. The molecule has 121 heavy (non-hydrogen) atoms. The maximum absolute atomic E-state index is 2.48. The molecule has 22 aromatic rings. The van der Waals surface area contributed by atoms with Gasteiger partial charge in [0.2, 0.25) is 0 Å². The smallest absolute Gasteiger partial charge is 0.0280 e. The van der Waals surface area contributed by atoms with Crippen LogP contribution in [0.4, 0.5) is 0 Å². The van der Waals surface area contributed by atoms with E-state index >= 15 is 0 Å². The Morgan fingerprint density at radius 3 is 0.926 bits per heavy atom. The predicted octanol–water partition coefficient (Wildman–Crippen LogP) is 30.9. The molecule has 18 aromatic carbocycles. The number of fused-ring (bicyclic) bond motifs is 21. The van der Waals surface area contributed by atoms with Gasteiger partial charge < -0.3 is 0 Å². The summed E-state index contributed by atoms with van der Waals surface area (Å²) in [5.74, 6) is 0. The fraction of sp³-hybridized carbons (Fsp3) is 0.0769. The molecular weight excluding hydrogens is 1590 g/mol. The van der Waals surface area contributed by atoms with Crippen LogP contribution in [-0.4, -0.2) is 38.1 Å². The van der Waals surface area contributed by atoms with Gasteiger partial charge in [-0.05, 0) is 44.5 Å². The van der Waals surface area contributed by atoms with Crippen LogP contribution in [0.3, 0.4) is 0 Å². The molecule has 0 unspecified atom stereocenters. The summed E-state index contributed by atoms with van der Waals surface area (Å²) in [6.07, 6.45) is 0. The Morgan fingerprint density at radius 2 is 0.471 bits per heavy atom.